The van der Waals surface area contributed by atoms with Gasteiger partial charge in [-0.15, -0.1) is 0 Å². The molecule has 1 N–H and O–H groups in total. The zero-order valence-electron chi connectivity index (χ0n) is 15.8. The minimum atomic E-state index is -0.609. The SMILES string of the molecule is C=C/C=C/C[C@@H](C)[C@@H](O)[C@H]1C(=O)CCCCCCCCCCN1C. The average molecular weight is 336 g/mol. The molecule has 0 spiro atoms. The molecule has 1 fully saturated rings. The first-order chi connectivity index (χ1) is 11.6. The molecule has 24 heavy (non-hydrogen) atoms. The molecule has 1 saturated heterocycles. The second-order valence-electron chi connectivity index (χ2n) is 7.34. The highest BCUT2D eigenvalue weighted by Gasteiger charge is 2.32. The van der Waals surface area contributed by atoms with Crippen LogP contribution in [0.1, 0.15) is 71.1 Å². The Labute approximate surface area is 148 Å². The van der Waals surface area contributed by atoms with Crippen molar-refractivity contribution in [2.24, 2.45) is 5.92 Å². The maximum Gasteiger partial charge on any atom is 0.152 e. The molecule has 3 heteroatoms. The molecule has 0 unspecified atom stereocenters. The van der Waals surface area contributed by atoms with Gasteiger partial charge < -0.3 is 5.11 Å². The van der Waals surface area contributed by atoms with Gasteiger partial charge in [0.2, 0.25) is 0 Å². The van der Waals surface area contributed by atoms with Crippen LogP contribution in [-0.4, -0.2) is 41.5 Å². The normalized spacial score (nSPS) is 25.5. The van der Waals surface area contributed by atoms with E-state index in [2.05, 4.69) is 11.5 Å². The zero-order chi connectivity index (χ0) is 17.8. The predicted octanol–water partition coefficient (Wildman–Crippen LogP) is 4.51. The molecule has 0 aromatic rings. The first-order valence-corrected chi connectivity index (χ1v) is 9.76. The Morgan fingerprint density at radius 3 is 2.38 bits per heavy atom. The number of carbonyl (C=O) groups is 1. The lowest BCUT2D eigenvalue weighted by Gasteiger charge is -2.33. The summed E-state index contributed by atoms with van der Waals surface area (Å²) in [5.41, 5.74) is 0. The van der Waals surface area contributed by atoms with Gasteiger partial charge in [-0.2, -0.15) is 0 Å². The number of hydrogen-bond acceptors (Lipinski definition) is 3. The molecule has 0 aromatic heterocycles. The summed E-state index contributed by atoms with van der Waals surface area (Å²) in [4.78, 5) is 14.9. The van der Waals surface area contributed by atoms with Crippen LogP contribution in [0, 0.1) is 5.92 Å². The fraction of sp³-hybridized carbons (Fsp3) is 0.762. The van der Waals surface area contributed by atoms with Crippen molar-refractivity contribution in [3.05, 3.63) is 24.8 Å². The van der Waals surface area contributed by atoms with E-state index in [9.17, 15) is 9.90 Å². The third-order valence-electron chi connectivity index (χ3n) is 5.18. The van der Waals surface area contributed by atoms with Gasteiger partial charge in [-0.3, -0.25) is 9.69 Å². The largest absolute Gasteiger partial charge is 0.391 e. The monoisotopic (exact) mass is 335 g/mol. The van der Waals surface area contributed by atoms with Gasteiger partial charge in [0.05, 0.1) is 12.1 Å². The number of allylic oxidation sites excluding steroid dienone is 3. The molecular weight excluding hydrogens is 298 g/mol. The Balaban J connectivity index is 2.74. The van der Waals surface area contributed by atoms with Crippen LogP contribution in [0.5, 0.6) is 0 Å². The number of carbonyl (C=O) groups excluding carboxylic acids is 1. The quantitative estimate of drug-likeness (QED) is 0.752. The Morgan fingerprint density at radius 1 is 1.17 bits per heavy atom. The summed E-state index contributed by atoms with van der Waals surface area (Å²) in [6.07, 6.45) is 16.0. The number of likely N-dealkylation sites (N-methyl/N-ethyl adjacent to an activating group) is 1. The van der Waals surface area contributed by atoms with Gasteiger partial charge in [0.25, 0.3) is 0 Å². The van der Waals surface area contributed by atoms with Crippen LogP contribution in [0.15, 0.2) is 24.8 Å². The van der Waals surface area contributed by atoms with Crippen molar-refractivity contribution in [3.8, 4) is 0 Å². The number of Topliss-reactive ketones (excluding diaryl/α,β-unsaturated/α-hetero) is 1. The minimum Gasteiger partial charge on any atom is -0.391 e. The van der Waals surface area contributed by atoms with Gasteiger partial charge in [0.1, 0.15) is 0 Å². The molecule has 0 saturated carbocycles. The Kier molecular flexibility index (Phi) is 10.9. The Bertz CT molecular complexity index is 391. The number of aliphatic hydroxyl groups excluding tert-OH is 1. The lowest BCUT2D eigenvalue weighted by molar-refractivity contribution is -0.129. The van der Waals surface area contributed by atoms with Gasteiger partial charge >= 0.3 is 0 Å². The third-order valence-corrected chi connectivity index (χ3v) is 5.18. The number of nitrogens with zero attached hydrogens (tertiary/aromatic N) is 1. The summed E-state index contributed by atoms with van der Waals surface area (Å²) in [6, 6.07) is -0.363. The van der Waals surface area contributed by atoms with Gasteiger partial charge in [-0.25, -0.2) is 0 Å². The van der Waals surface area contributed by atoms with Crippen LogP contribution in [0.4, 0.5) is 0 Å². The molecule has 0 radical (unpaired) electrons. The van der Waals surface area contributed by atoms with Crippen molar-refractivity contribution >= 4 is 5.78 Å². The highest BCUT2D eigenvalue weighted by molar-refractivity contribution is 5.84. The molecule has 3 nitrogen and oxygen atoms in total. The van der Waals surface area contributed by atoms with Crippen molar-refractivity contribution < 1.29 is 9.90 Å². The summed E-state index contributed by atoms with van der Waals surface area (Å²) in [5.74, 6) is 0.275. The maximum atomic E-state index is 12.8. The lowest BCUT2D eigenvalue weighted by Crippen LogP contribution is -2.49. The molecular formula is C21H37NO2. The molecule has 138 valence electrons. The summed E-state index contributed by atoms with van der Waals surface area (Å²) in [6.45, 7) is 6.59. The number of ketones is 1. The molecule has 1 aliphatic rings. The van der Waals surface area contributed by atoms with Crippen molar-refractivity contribution in [2.45, 2.75) is 83.3 Å². The smallest absolute Gasteiger partial charge is 0.152 e. The summed E-state index contributed by atoms with van der Waals surface area (Å²) in [7, 11) is 2.00. The van der Waals surface area contributed by atoms with E-state index in [4.69, 9.17) is 0 Å². The van der Waals surface area contributed by atoms with Crippen molar-refractivity contribution in [2.75, 3.05) is 13.6 Å². The van der Waals surface area contributed by atoms with Crippen LogP contribution < -0.4 is 0 Å². The summed E-state index contributed by atoms with van der Waals surface area (Å²) >= 11 is 0. The van der Waals surface area contributed by atoms with Crippen LogP contribution >= 0.6 is 0 Å². The van der Waals surface area contributed by atoms with Gasteiger partial charge in [-0.1, -0.05) is 70.3 Å². The zero-order valence-corrected chi connectivity index (χ0v) is 15.8. The van der Waals surface area contributed by atoms with E-state index >= 15 is 0 Å². The first kappa shape index (κ1) is 21.1. The average Bonchev–Trinajstić information content (AvgIpc) is 2.57. The van der Waals surface area contributed by atoms with Crippen molar-refractivity contribution in [1.82, 2.24) is 4.90 Å². The van der Waals surface area contributed by atoms with Crippen molar-refractivity contribution in [3.63, 3.8) is 0 Å². The highest BCUT2D eigenvalue weighted by Crippen LogP contribution is 2.21. The van der Waals surface area contributed by atoms with Gasteiger partial charge in [0.15, 0.2) is 5.78 Å². The van der Waals surface area contributed by atoms with E-state index in [0.717, 1.165) is 32.2 Å². The van der Waals surface area contributed by atoms with Crippen LogP contribution in [0.2, 0.25) is 0 Å². The van der Waals surface area contributed by atoms with E-state index in [1.807, 2.05) is 26.1 Å². The molecule has 0 bridgehead atoms. The molecule has 0 aliphatic carbocycles. The first-order valence-electron chi connectivity index (χ1n) is 9.76. The molecule has 1 rings (SSSR count). The molecule has 0 amide bonds. The van der Waals surface area contributed by atoms with E-state index in [1.165, 1.54) is 32.1 Å². The van der Waals surface area contributed by atoms with E-state index < -0.39 is 6.10 Å². The predicted molar refractivity (Wildman–Crippen MR) is 102 cm³/mol. The van der Waals surface area contributed by atoms with E-state index in [-0.39, 0.29) is 17.7 Å². The fourth-order valence-corrected chi connectivity index (χ4v) is 3.55. The second-order valence-corrected chi connectivity index (χ2v) is 7.34. The van der Waals surface area contributed by atoms with Crippen LogP contribution in [0.25, 0.3) is 0 Å². The number of hydrogen-bond donors (Lipinski definition) is 1. The van der Waals surface area contributed by atoms with E-state index in [1.54, 1.807) is 6.08 Å². The number of rotatable bonds is 5. The molecule has 3 atom stereocenters. The van der Waals surface area contributed by atoms with Crippen LogP contribution in [0.3, 0.4) is 0 Å². The standard InChI is InChI=1S/C21H37NO2/c1-4-5-12-15-18(2)21(24)20-19(23)16-13-10-8-6-7-9-11-14-17-22(20)3/h4-5,12,18,20-21,24H,1,6-11,13-17H2,2-3H3/b12-5+/t18-,20-,21-/m1/s1. The maximum absolute atomic E-state index is 12.8. The summed E-state index contributed by atoms with van der Waals surface area (Å²) in [5, 5.41) is 10.8. The van der Waals surface area contributed by atoms with Gasteiger partial charge in [0, 0.05) is 6.42 Å². The molecule has 1 heterocycles. The highest BCUT2D eigenvalue weighted by atomic mass is 16.3. The fourth-order valence-electron chi connectivity index (χ4n) is 3.55. The van der Waals surface area contributed by atoms with Crippen LogP contribution in [-0.2, 0) is 4.79 Å². The van der Waals surface area contributed by atoms with Gasteiger partial charge in [-0.05, 0) is 38.8 Å². The second kappa shape index (κ2) is 12.4. The van der Waals surface area contributed by atoms with E-state index in [0.29, 0.717) is 6.42 Å². The summed E-state index contributed by atoms with van der Waals surface area (Å²) < 4.78 is 0. The minimum absolute atomic E-state index is 0.0632. The number of aliphatic hydroxyl groups is 1. The Morgan fingerprint density at radius 2 is 1.75 bits per heavy atom. The molecule has 0 aromatic carbocycles. The topological polar surface area (TPSA) is 40.5 Å². The third kappa shape index (κ3) is 7.76. The molecule has 1 aliphatic heterocycles. The lowest BCUT2D eigenvalue weighted by atomic mass is 9.89. The Hall–Kier alpha value is -0.930. The van der Waals surface area contributed by atoms with Crippen molar-refractivity contribution in [1.29, 1.82) is 0 Å².